The molecule has 0 amide bonds. The molecule has 0 spiro atoms. The second-order valence-corrected chi connectivity index (χ2v) is 8.20. The van der Waals surface area contributed by atoms with Crippen molar-refractivity contribution in [2.45, 2.75) is 64.5 Å². The van der Waals surface area contributed by atoms with Gasteiger partial charge < -0.3 is 19.1 Å². The first-order chi connectivity index (χ1) is 14.6. The Hall–Kier alpha value is -2.63. The third-order valence-corrected chi connectivity index (χ3v) is 5.58. The molecular weight excluding hydrogens is 417 g/mol. The molecular formula is C19H25F3N6O3. The molecule has 0 bridgehead atoms. The summed E-state index contributed by atoms with van der Waals surface area (Å²) in [7, 11) is 0. The average Bonchev–Trinajstić information content (AvgIpc) is 3.17. The van der Waals surface area contributed by atoms with Crippen molar-refractivity contribution in [1.82, 2.24) is 19.7 Å². The molecule has 0 N–H and O–H groups in total. The van der Waals surface area contributed by atoms with Crippen molar-refractivity contribution >= 4 is 11.8 Å². The van der Waals surface area contributed by atoms with Gasteiger partial charge in [0.2, 0.25) is 11.8 Å². The molecule has 0 radical (unpaired) electrons. The zero-order chi connectivity index (χ0) is 22.3. The molecule has 2 atom stereocenters. The molecule has 4 rings (SSSR count). The fourth-order valence-corrected chi connectivity index (χ4v) is 3.91. The molecule has 0 saturated carbocycles. The summed E-state index contributed by atoms with van der Waals surface area (Å²) in [5, 5.41) is 3.84. The van der Waals surface area contributed by atoms with E-state index in [0.29, 0.717) is 31.4 Å². The normalized spacial score (nSPS) is 22.2. The van der Waals surface area contributed by atoms with Gasteiger partial charge in [-0.05, 0) is 13.3 Å². The van der Waals surface area contributed by atoms with Crippen molar-refractivity contribution in [3.8, 4) is 0 Å². The van der Waals surface area contributed by atoms with Gasteiger partial charge >= 0.3 is 6.18 Å². The molecule has 1 unspecified atom stereocenters. The summed E-state index contributed by atoms with van der Waals surface area (Å²) < 4.78 is 53.5. The number of nitrogens with zero attached hydrogens (tertiary/aromatic N) is 6. The third kappa shape index (κ3) is 4.25. The maximum atomic E-state index is 13.9. The first-order valence-corrected chi connectivity index (χ1v) is 10.3. The number of morpholine rings is 1. The van der Waals surface area contributed by atoms with Crippen LogP contribution >= 0.6 is 0 Å². The van der Waals surface area contributed by atoms with Gasteiger partial charge in [-0.2, -0.15) is 23.1 Å². The summed E-state index contributed by atoms with van der Waals surface area (Å²) in [6.45, 7) is 6.69. The van der Waals surface area contributed by atoms with E-state index in [-0.39, 0.29) is 43.3 Å². The zero-order valence-corrected chi connectivity index (χ0v) is 17.6. The van der Waals surface area contributed by atoms with Crippen LogP contribution in [0.3, 0.4) is 0 Å². The number of halogens is 3. The summed E-state index contributed by atoms with van der Waals surface area (Å²) in [6, 6.07) is -0.490. The van der Waals surface area contributed by atoms with Crippen LogP contribution in [0.15, 0.2) is 15.4 Å². The molecule has 2 aliphatic rings. The molecule has 12 heteroatoms. The third-order valence-electron chi connectivity index (χ3n) is 5.58. The summed E-state index contributed by atoms with van der Waals surface area (Å²) in [5.74, 6) is 0.731. The highest BCUT2D eigenvalue weighted by Crippen LogP contribution is 2.35. The fourth-order valence-electron chi connectivity index (χ4n) is 3.91. The van der Waals surface area contributed by atoms with E-state index in [4.69, 9.17) is 9.26 Å². The summed E-state index contributed by atoms with van der Waals surface area (Å²) in [6.07, 6.45) is -4.78. The lowest BCUT2D eigenvalue weighted by Crippen LogP contribution is -2.52. The smallest absolute Gasteiger partial charge is 0.377 e. The molecule has 1 saturated heterocycles. The van der Waals surface area contributed by atoms with Gasteiger partial charge in [-0.1, -0.05) is 19.0 Å². The number of aromatic nitrogens is 4. The van der Waals surface area contributed by atoms with E-state index in [1.165, 1.54) is 10.6 Å². The maximum Gasteiger partial charge on any atom is 0.408 e. The van der Waals surface area contributed by atoms with Crippen molar-refractivity contribution < 1.29 is 22.4 Å². The summed E-state index contributed by atoms with van der Waals surface area (Å²) in [4.78, 5) is 24.4. The molecule has 2 aliphatic heterocycles. The Balaban J connectivity index is 1.76. The Kier molecular flexibility index (Phi) is 5.67. The monoisotopic (exact) mass is 442 g/mol. The van der Waals surface area contributed by atoms with Crippen molar-refractivity contribution in [2.75, 3.05) is 29.6 Å². The van der Waals surface area contributed by atoms with Gasteiger partial charge in [0.25, 0.3) is 5.56 Å². The lowest BCUT2D eigenvalue weighted by molar-refractivity contribution is -0.153. The largest absolute Gasteiger partial charge is 0.408 e. The minimum atomic E-state index is -4.51. The highest BCUT2D eigenvalue weighted by atomic mass is 19.4. The zero-order valence-electron chi connectivity index (χ0n) is 17.6. The number of anilines is 2. The van der Waals surface area contributed by atoms with Gasteiger partial charge in [-0.15, -0.1) is 0 Å². The van der Waals surface area contributed by atoms with Crippen LogP contribution in [0, 0.1) is 0 Å². The van der Waals surface area contributed by atoms with Crippen LogP contribution < -0.4 is 15.4 Å². The van der Waals surface area contributed by atoms with Gasteiger partial charge in [0.05, 0.1) is 19.3 Å². The molecule has 2 aromatic rings. The first-order valence-electron chi connectivity index (χ1n) is 10.3. The number of rotatable bonds is 4. The molecule has 0 aliphatic carbocycles. The lowest BCUT2D eigenvalue weighted by Gasteiger charge is -2.39. The van der Waals surface area contributed by atoms with Gasteiger partial charge in [-0.25, -0.2) is 0 Å². The second-order valence-electron chi connectivity index (χ2n) is 8.20. The molecule has 1 fully saturated rings. The summed E-state index contributed by atoms with van der Waals surface area (Å²) >= 11 is 0. The predicted octanol–water partition coefficient (Wildman–Crippen LogP) is 2.32. The molecule has 9 nitrogen and oxygen atoms in total. The van der Waals surface area contributed by atoms with Crippen LogP contribution in [0.5, 0.6) is 0 Å². The number of hydrogen-bond donors (Lipinski definition) is 0. The van der Waals surface area contributed by atoms with Crippen LogP contribution in [0.1, 0.15) is 44.8 Å². The quantitative estimate of drug-likeness (QED) is 0.713. The number of hydrogen-bond acceptors (Lipinski definition) is 8. The van der Waals surface area contributed by atoms with E-state index < -0.39 is 17.8 Å². The molecule has 2 aromatic heterocycles. The Morgan fingerprint density at radius 3 is 2.68 bits per heavy atom. The van der Waals surface area contributed by atoms with E-state index in [2.05, 4.69) is 15.1 Å². The number of ether oxygens (including phenoxy) is 1. The van der Waals surface area contributed by atoms with E-state index in [1.807, 2.05) is 25.7 Å². The van der Waals surface area contributed by atoms with Crippen molar-refractivity contribution in [2.24, 2.45) is 0 Å². The standard InChI is InChI=1S/C19H25F3N6O3/c1-11(2)17-24-15(31-25-17)9-28-13(19(20,21)22)4-5-27-16(29)8-14(23-18(27)28)26-6-7-30-10-12(26)3/h8,11-13H,4-7,9-10H2,1-3H3/t12-,13?/m1/s1. The SMILES string of the molecule is CC(C)c1noc(CN2c3nc(N4CCOC[C@H]4C)cc(=O)n3CCC2C(F)(F)F)n1. The molecule has 0 aromatic carbocycles. The fraction of sp³-hybridized carbons (Fsp3) is 0.684. The summed E-state index contributed by atoms with van der Waals surface area (Å²) in [5.41, 5.74) is -0.391. The lowest BCUT2D eigenvalue weighted by atomic mass is 10.1. The number of alkyl halides is 3. The van der Waals surface area contributed by atoms with Crippen LogP contribution in [-0.2, 0) is 17.8 Å². The van der Waals surface area contributed by atoms with E-state index in [1.54, 1.807) is 0 Å². The minimum Gasteiger partial charge on any atom is -0.377 e. The Morgan fingerprint density at radius 1 is 1.26 bits per heavy atom. The topological polar surface area (TPSA) is 89.5 Å². The Morgan fingerprint density at radius 2 is 2.03 bits per heavy atom. The highest BCUT2D eigenvalue weighted by molar-refractivity contribution is 5.47. The molecule has 31 heavy (non-hydrogen) atoms. The van der Waals surface area contributed by atoms with E-state index in [9.17, 15) is 18.0 Å². The first kappa shape index (κ1) is 21.6. The molecule has 4 heterocycles. The Labute approximate surface area is 176 Å². The van der Waals surface area contributed by atoms with E-state index in [0.717, 1.165) is 4.90 Å². The second kappa shape index (κ2) is 8.13. The molecule has 170 valence electrons. The van der Waals surface area contributed by atoms with Gasteiger partial charge in [0, 0.05) is 25.1 Å². The average molecular weight is 442 g/mol. The van der Waals surface area contributed by atoms with E-state index >= 15 is 0 Å². The van der Waals surface area contributed by atoms with Gasteiger partial charge in [0.15, 0.2) is 5.82 Å². The number of fused-ring (bicyclic) bond motifs is 1. The van der Waals surface area contributed by atoms with Crippen LogP contribution in [-0.4, -0.2) is 57.7 Å². The van der Waals surface area contributed by atoms with Crippen LogP contribution in [0.2, 0.25) is 0 Å². The highest BCUT2D eigenvalue weighted by Gasteiger charge is 2.47. The van der Waals surface area contributed by atoms with Crippen molar-refractivity contribution in [3.05, 3.63) is 28.1 Å². The van der Waals surface area contributed by atoms with Crippen LogP contribution in [0.4, 0.5) is 24.9 Å². The van der Waals surface area contributed by atoms with Crippen molar-refractivity contribution in [1.29, 1.82) is 0 Å². The van der Waals surface area contributed by atoms with Gasteiger partial charge in [0.1, 0.15) is 18.4 Å². The van der Waals surface area contributed by atoms with Gasteiger partial charge in [-0.3, -0.25) is 9.36 Å². The van der Waals surface area contributed by atoms with Crippen molar-refractivity contribution in [3.63, 3.8) is 0 Å². The van der Waals surface area contributed by atoms with Crippen LogP contribution in [0.25, 0.3) is 0 Å². The minimum absolute atomic E-state index is 0.0280. The Bertz CT molecular complexity index is 989. The maximum absolute atomic E-state index is 13.9. The predicted molar refractivity (Wildman–Crippen MR) is 105 cm³/mol.